The molecule has 5 heteroatoms. The summed E-state index contributed by atoms with van der Waals surface area (Å²) in [4.78, 5) is 11.0. The third-order valence-electron chi connectivity index (χ3n) is 3.02. The lowest BCUT2D eigenvalue weighted by atomic mass is 10.2. The summed E-state index contributed by atoms with van der Waals surface area (Å²) in [5.41, 5.74) is 1.09. The predicted molar refractivity (Wildman–Crippen MR) is 77.3 cm³/mol. The monoisotopic (exact) mass is 325 g/mol. The van der Waals surface area contributed by atoms with Crippen molar-refractivity contribution in [1.82, 2.24) is 4.57 Å². The highest BCUT2D eigenvalue weighted by Gasteiger charge is 2.17. The maximum absolute atomic E-state index is 11.0. The zero-order valence-corrected chi connectivity index (χ0v) is 12.3. The summed E-state index contributed by atoms with van der Waals surface area (Å²) < 4.78 is 8.29. The molecule has 1 unspecified atom stereocenters. The first-order chi connectivity index (χ1) is 9.13. The first-order valence-electron chi connectivity index (χ1n) is 6.21. The van der Waals surface area contributed by atoms with Crippen LogP contribution in [0.3, 0.4) is 0 Å². The Morgan fingerprint density at radius 2 is 2.21 bits per heavy atom. The van der Waals surface area contributed by atoms with Crippen molar-refractivity contribution < 1.29 is 14.6 Å². The molecule has 0 fully saturated rings. The minimum absolute atomic E-state index is 0.410. The fraction of sp³-hybridized carbons (Fsp3) is 0.357. The second-order valence-electron chi connectivity index (χ2n) is 4.26. The standard InChI is InChI=1S/C14H16BrNO3/c1-2-19-13(14(17)18)7-8-16-9-11(15)10-5-3-4-6-12(10)16/h3-6,9,13H,2,7-8H2,1H3,(H,17,18). The van der Waals surface area contributed by atoms with E-state index < -0.39 is 12.1 Å². The highest BCUT2D eigenvalue weighted by molar-refractivity contribution is 9.10. The number of hydrogen-bond acceptors (Lipinski definition) is 2. The smallest absolute Gasteiger partial charge is 0.332 e. The molecule has 1 heterocycles. The Kier molecular flexibility index (Phi) is 4.61. The van der Waals surface area contributed by atoms with Gasteiger partial charge in [-0.1, -0.05) is 18.2 Å². The summed E-state index contributed by atoms with van der Waals surface area (Å²) in [5.74, 6) is -0.905. The topological polar surface area (TPSA) is 51.5 Å². The van der Waals surface area contributed by atoms with Crippen molar-refractivity contribution in [3.63, 3.8) is 0 Å². The van der Waals surface area contributed by atoms with Crippen molar-refractivity contribution in [3.05, 3.63) is 34.9 Å². The maximum Gasteiger partial charge on any atom is 0.332 e. The lowest BCUT2D eigenvalue weighted by Gasteiger charge is -2.13. The van der Waals surface area contributed by atoms with Gasteiger partial charge in [0.2, 0.25) is 0 Å². The van der Waals surface area contributed by atoms with E-state index in [1.807, 2.05) is 35.0 Å². The van der Waals surface area contributed by atoms with Gasteiger partial charge in [0.25, 0.3) is 0 Å². The van der Waals surface area contributed by atoms with Crippen LogP contribution in [-0.4, -0.2) is 28.4 Å². The summed E-state index contributed by atoms with van der Waals surface area (Å²) in [5, 5.41) is 10.2. The number of aromatic nitrogens is 1. The number of ether oxygens (including phenoxy) is 1. The number of aryl methyl sites for hydroxylation is 1. The number of para-hydroxylation sites is 1. The van der Waals surface area contributed by atoms with Gasteiger partial charge in [-0.2, -0.15) is 0 Å². The number of halogens is 1. The number of aliphatic carboxylic acids is 1. The van der Waals surface area contributed by atoms with Crippen molar-refractivity contribution >= 4 is 32.8 Å². The van der Waals surface area contributed by atoms with Gasteiger partial charge in [-0.15, -0.1) is 0 Å². The Balaban J connectivity index is 2.15. The van der Waals surface area contributed by atoms with Crippen molar-refractivity contribution in [3.8, 4) is 0 Å². The van der Waals surface area contributed by atoms with Gasteiger partial charge in [-0.3, -0.25) is 0 Å². The van der Waals surface area contributed by atoms with Crippen molar-refractivity contribution in [2.45, 2.75) is 26.0 Å². The number of carboxylic acids is 1. The molecule has 1 atom stereocenters. The fourth-order valence-corrected chi connectivity index (χ4v) is 2.71. The SMILES string of the molecule is CCOC(CCn1cc(Br)c2ccccc21)C(=O)O. The predicted octanol–water partition coefficient (Wildman–Crippen LogP) is 3.28. The number of fused-ring (bicyclic) bond motifs is 1. The van der Waals surface area contributed by atoms with Gasteiger partial charge in [0.1, 0.15) is 0 Å². The van der Waals surface area contributed by atoms with Gasteiger partial charge in [-0.25, -0.2) is 4.79 Å². The zero-order valence-electron chi connectivity index (χ0n) is 10.7. The largest absolute Gasteiger partial charge is 0.479 e. The average Bonchev–Trinajstić information content (AvgIpc) is 2.72. The molecule has 1 N–H and O–H groups in total. The summed E-state index contributed by atoms with van der Waals surface area (Å²) in [6.45, 7) is 2.83. The Morgan fingerprint density at radius 1 is 1.47 bits per heavy atom. The van der Waals surface area contributed by atoms with Crippen LogP contribution < -0.4 is 0 Å². The number of benzene rings is 1. The Hall–Kier alpha value is -1.33. The molecular formula is C14H16BrNO3. The van der Waals surface area contributed by atoms with E-state index in [0.29, 0.717) is 19.6 Å². The number of carboxylic acid groups (broad SMARTS) is 1. The molecule has 0 radical (unpaired) electrons. The molecule has 0 amide bonds. The molecule has 0 saturated heterocycles. The normalized spacial score (nSPS) is 12.7. The molecule has 1 aromatic carbocycles. The van der Waals surface area contributed by atoms with E-state index in [-0.39, 0.29) is 0 Å². The van der Waals surface area contributed by atoms with Crippen LogP contribution in [0.25, 0.3) is 10.9 Å². The third-order valence-corrected chi connectivity index (χ3v) is 3.65. The van der Waals surface area contributed by atoms with E-state index in [1.54, 1.807) is 6.92 Å². The number of hydrogen-bond donors (Lipinski definition) is 1. The Bertz CT molecular complexity index is 579. The first-order valence-corrected chi connectivity index (χ1v) is 7.00. The zero-order chi connectivity index (χ0) is 13.8. The molecule has 4 nitrogen and oxygen atoms in total. The molecule has 0 spiro atoms. The van der Waals surface area contributed by atoms with Crippen LogP contribution in [0.5, 0.6) is 0 Å². The van der Waals surface area contributed by atoms with Gasteiger partial charge in [-0.05, 0) is 28.9 Å². The van der Waals surface area contributed by atoms with Crippen molar-refractivity contribution in [1.29, 1.82) is 0 Å². The van der Waals surface area contributed by atoms with Crippen molar-refractivity contribution in [2.75, 3.05) is 6.61 Å². The van der Waals surface area contributed by atoms with Crippen LogP contribution in [0, 0.1) is 0 Å². The second kappa shape index (κ2) is 6.21. The van der Waals surface area contributed by atoms with E-state index >= 15 is 0 Å². The first kappa shape index (κ1) is 14.1. The molecule has 0 bridgehead atoms. The molecule has 2 rings (SSSR count). The van der Waals surface area contributed by atoms with Crippen LogP contribution in [-0.2, 0) is 16.1 Å². The highest BCUT2D eigenvalue weighted by atomic mass is 79.9. The van der Waals surface area contributed by atoms with Gasteiger partial charge < -0.3 is 14.4 Å². The molecule has 102 valence electrons. The average molecular weight is 326 g/mol. The Labute approximate surface area is 120 Å². The second-order valence-corrected chi connectivity index (χ2v) is 5.11. The van der Waals surface area contributed by atoms with E-state index in [9.17, 15) is 4.79 Å². The van der Waals surface area contributed by atoms with Gasteiger partial charge in [0.15, 0.2) is 6.10 Å². The molecule has 2 aromatic rings. The molecule has 0 saturated carbocycles. The molecule has 0 aliphatic carbocycles. The molecule has 1 aromatic heterocycles. The fourth-order valence-electron chi connectivity index (χ4n) is 2.12. The highest BCUT2D eigenvalue weighted by Crippen LogP contribution is 2.26. The van der Waals surface area contributed by atoms with Crippen LogP contribution in [0.15, 0.2) is 34.9 Å². The third kappa shape index (κ3) is 3.16. The number of rotatable bonds is 6. The summed E-state index contributed by atoms with van der Waals surface area (Å²) in [6.07, 6.45) is 1.69. The molecular weight excluding hydrogens is 310 g/mol. The minimum Gasteiger partial charge on any atom is -0.479 e. The van der Waals surface area contributed by atoms with Crippen LogP contribution in [0.2, 0.25) is 0 Å². The number of nitrogens with zero attached hydrogens (tertiary/aromatic N) is 1. The summed E-state index contributed by atoms with van der Waals surface area (Å²) in [6, 6.07) is 8.02. The minimum atomic E-state index is -0.905. The molecule has 0 aliphatic heterocycles. The van der Waals surface area contributed by atoms with Crippen LogP contribution >= 0.6 is 15.9 Å². The van der Waals surface area contributed by atoms with E-state index in [1.165, 1.54) is 0 Å². The van der Waals surface area contributed by atoms with Gasteiger partial charge in [0, 0.05) is 41.1 Å². The van der Waals surface area contributed by atoms with Crippen molar-refractivity contribution in [2.24, 2.45) is 0 Å². The Morgan fingerprint density at radius 3 is 2.89 bits per heavy atom. The van der Waals surface area contributed by atoms with Crippen LogP contribution in [0.4, 0.5) is 0 Å². The summed E-state index contributed by atoms with van der Waals surface area (Å²) >= 11 is 3.52. The quantitative estimate of drug-likeness (QED) is 0.886. The van der Waals surface area contributed by atoms with Gasteiger partial charge in [0.05, 0.1) is 0 Å². The number of carbonyl (C=O) groups is 1. The van der Waals surface area contributed by atoms with E-state index in [0.717, 1.165) is 15.4 Å². The molecule has 0 aliphatic rings. The van der Waals surface area contributed by atoms with Gasteiger partial charge >= 0.3 is 5.97 Å². The summed E-state index contributed by atoms with van der Waals surface area (Å²) in [7, 11) is 0. The van der Waals surface area contributed by atoms with E-state index in [4.69, 9.17) is 9.84 Å². The lowest BCUT2D eigenvalue weighted by Crippen LogP contribution is -2.25. The van der Waals surface area contributed by atoms with Crippen LogP contribution in [0.1, 0.15) is 13.3 Å². The lowest BCUT2D eigenvalue weighted by molar-refractivity contribution is -0.150. The van der Waals surface area contributed by atoms with E-state index in [2.05, 4.69) is 15.9 Å². The molecule has 19 heavy (non-hydrogen) atoms. The maximum atomic E-state index is 11.0.